The van der Waals surface area contributed by atoms with Gasteiger partial charge in [0.2, 0.25) is 5.95 Å². The van der Waals surface area contributed by atoms with Gasteiger partial charge in [0, 0.05) is 31.7 Å². The smallest absolute Gasteiger partial charge is 0.274 e. The number of nitrogens with zero attached hydrogens (tertiary/aromatic N) is 7. The Kier molecular flexibility index (Phi) is 6.71. The van der Waals surface area contributed by atoms with E-state index >= 15 is 0 Å². The molecule has 0 bridgehead atoms. The summed E-state index contributed by atoms with van der Waals surface area (Å²) in [5, 5.41) is 7.64. The lowest BCUT2D eigenvalue weighted by Gasteiger charge is -2.36. The summed E-state index contributed by atoms with van der Waals surface area (Å²) in [7, 11) is 3.43. The summed E-state index contributed by atoms with van der Waals surface area (Å²) in [6.45, 7) is 0.579. The van der Waals surface area contributed by atoms with E-state index in [2.05, 4.69) is 32.5 Å². The number of benzene rings is 1. The van der Waals surface area contributed by atoms with E-state index in [9.17, 15) is 4.79 Å². The average Bonchev–Trinajstić information content (AvgIpc) is 3.75. The quantitative estimate of drug-likeness (QED) is 0.215. The Morgan fingerprint density at radius 1 is 1.07 bits per heavy atom. The van der Waals surface area contributed by atoms with Crippen molar-refractivity contribution in [2.75, 3.05) is 12.4 Å². The molecule has 8 rings (SSSR count). The molecule has 0 radical (unpaired) electrons. The molecule has 0 atom stereocenters. The lowest BCUT2D eigenvalue weighted by atomic mass is 9.88. The first-order valence-electron chi connectivity index (χ1n) is 15.1. The highest BCUT2D eigenvalue weighted by molar-refractivity contribution is 5.85. The van der Waals surface area contributed by atoms with E-state index in [1.165, 1.54) is 5.56 Å². The first-order valence-corrected chi connectivity index (χ1v) is 15.1. The van der Waals surface area contributed by atoms with Crippen LogP contribution in [0.3, 0.4) is 0 Å². The number of ether oxygens (including phenoxy) is 3. The third kappa shape index (κ3) is 5.06. The second-order valence-electron chi connectivity index (χ2n) is 11.7. The Balaban J connectivity index is 1.06. The molecule has 1 N–H and O–H groups in total. The highest BCUT2D eigenvalue weighted by Gasteiger charge is 2.34. The maximum Gasteiger partial charge on any atom is 0.274 e. The van der Waals surface area contributed by atoms with Gasteiger partial charge in [-0.3, -0.25) is 9.78 Å². The van der Waals surface area contributed by atoms with Crippen molar-refractivity contribution in [1.82, 2.24) is 33.7 Å². The van der Waals surface area contributed by atoms with Crippen LogP contribution in [-0.4, -0.2) is 46.9 Å². The monoisotopic (exact) mass is 604 g/mol. The summed E-state index contributed by atoms with van der Waals surface area (Å²) in [4.78, 5) is 27.3. The van der Waals surface area contributed by atoms with Crippen LogP contribution in [0.4, 0.5) is 11.6 Å². The maximum atomic E-state index is 13.8. The van der Waals surface area contributed by atoms with Crippen molar-refractivity contribution in [2.45, 2.75) is 50.4 Å². The van der Waals surface area contributed by atoms with Gasteiger partial charge in [-0.1, -0.05) is 30.3 Å². The number of rotatable bonds is 10. The Bertz CT molecular complexity index is 2080. The van der Waals surface area contributed by atoms with Gasteiger partial charge in [0.15, 0.2) is 22.9 Å². The predicted molar refractivity (Wildman–Crippen MR) is 167 cm³/mol. The van der Waals surface area contributed by atoms with E-state index < -0.39 is 0 Å². The van der Waals surface area contributed by atoms with Crippen molar-refractivity contribution >= 4 is 28.3 Å². The fourth-order valence-corrected chi connectivity index (χ4v) is 5.95. The van der Waals surface area contributed by atoms with Crippen LogP contribution in [0.5, 0.6) is 17.2 Å². The van der Waals surface area contributed by atoms with Crippen LogP contribution < -0.4 is 20.3 Å². The Morgan fingerprint density at radius 2 is 1.91 bits per heavy atom. The molecule has 2 saturated carbocycles. The number of fused-ring (bicyclic) bond motifs is 2. The zero-order valence-corrected chi connectivity index (χ0v) is 25.0. The minimum absolute atomic E-state index is 0.0800. The van der Waals surface area contributed by atoms with E-state index in [1.807, 2.05) is 46.6 Å². The number of nitrogens with one attached hydrogen (secondary N) is 1. The van der Waals surface area contributed by atoms with Gasteiger partial charge in [0.25, 0.3) is 5.56 Å². The number of anilines is 2. The van der Waals surface area contributed by atoms with Crippen LogP contribution in [-0.2, 0) is 18.4 Å². The van der Waals surface area contributed by atoms with Gasteiger partial charge >= 0.3 is 0 Å². The summed E-state index contributed by atoms with van der Waals surface area (Å²) in [5.41, 5.74) is 4.52. The van der Waals surface area contributed by atoms with Gasteiger partial charge in [-0.05, 0) is 48.8 Å². The fourth-order valence-electron chi connectivity index (χ4n) is 5.95. The molecule has 2 aliphatic carbocycles. The second-order valence-corrected chi connectivity index (χ2v) is 11.7. The highest BCUT2D eigenvalue weighted by Crippen LogP contribution is 2.43. The van der Waals surface area contributed by atoms with Crippen LogP contribution in [0.15, 0.2) is 78.4 Å². The highest BCUT2D eigenvalue weighted by atomic mass is 16.5. The maximum absolute atomic E-state index is 13.8. The van der Waals surface area contributed by atoms with Crippen LogP contribution in [0, 0.1) is 0 Å². The van der Waals surface area contributed by atoms with Crippen LogP contribution >= 0.6 is 0 Å². The average molecular weight is 605 g/mol. The van der Waals surface area contributed by atoms with Crippen molar-refractivity contribution in [3.8, 4) is 17.2 Å². The van der Waals surface area contributed by atoms with Gasteiger partial charge in [0.1, 0.15) is 16.7 Å². The van der Waals surface area contributed by atoms with Crippen molar-refractivity contribution in [3.63, 3.8) is 0 Å². The van der Waals surface area contributed by atoms with E-state index in [-0.39, 0.29) is 17.7 Å². The van der Waals surface area contributed by atoms with Crippen LogP contribution in [0.2, 0.25) is 0 Å². The lowest BCUT2D eigenvalue weighted by molar-refractivity contribution is -0.0364. The van der Waals surface area contributed by atoms with Gasteiger partial charge < -0.3 is 28.7 Å². The first-order chi connectivity index (χ1) is 22.1. The zero-order chi connectivity index (χ0) is 30.5. The molecule has 1 aromatic carbocycles. The van der Waals surface area contributed by atoms with Gasteiger partial charge in [0.05, 0.1) is 38.4 Å². The molecule has 45 heavy (non-hydrogen) atoms. The van der Waals surface area contributed by atoms with Crippen molar-refractivity contribution in [1.29, 1.82) is 0 Å². The molecular formula is C33H32N8O4. The first kappa shape index (κ1) is 27.3. The minimum atomic E-state index is -0.0800. The largest absolute Gasteiger partial charge is 0.491 e. The summed E-state index contributed by atoms with van der Waals surface area (Å²) < 4.78 is 23.5. The number of hydrogen-bond acceptors (Lipinski definition) is 9. The molecule has 2 aliphatic rings. The van der Waals surface area contributed by atoms with Crippen molar-refractivity contribution < 1.29 is 14.2 Å². The number of aromatic nitrogens is 7. The van der Waals surface area contributed by atoms with E-state index in [0.717, 1.165) is 31.2 Å². The van der Waals surface area contributed by atoms with Gasteiger partial charge in [-0.2, -0.15) is 10.1 Å². The standard InChI is InChI=1S/C33H32N8O4/c1-39-29-30(43-2)28(45-27-17-36-41-11-10-34-15-26(27)41)16-35-31(29)38-33(39)37-25-12-22(21-8-9-21)18-40(32(25)42)23-13-24(14-23)44-19-20-6-4-3-5-7-20/h3-7,10-12,15-18,21,23-24H,8-9,13-14,19H2,1-2H3,(H,35,37,38)/t23-,24+. The summed E-state index contributed by atoms with van der Waals surface area (Å²) in [6, 6.07) is 12.2. The number of methoxy groups -OCH3 is 1. The fraction of sp³-hybridized carbons (Fsp3) is 0.303. The minimum Gasteiger partial charge on any atom is -0.491 e. The molecule has 0 spiro atoms. The molecular weight excluding hydrogens is 572 g/mol. The Hall–Kier alpha value is -5.23. The molecule has 228 valence electrons. The Labute approximate surface area is 258 Å². The van der Waals surface area contributed by atoms with E-state index in [4.69, 9.17) is 19.2 Å². The predicted octanol–water partition coefficient (Wildman–Crippen LogP) is 5.51. The molecule has 2 fully saturated rings. The number of imidazole rings is 1. The molecule has 0 amide bonds. The van der Waals surface area contributed by atoms with Crippen molar-refractivity contribution in [3.05, 3.63) is 95.1 Å². The van der Waals surface area contributed by atoms with Gasteiger partial charge in [-0.25, -0.2) is 9.50 Å². The topological polar surface area (TPSA) is 123 Å². The molecule has 6 aromatic rings. The lowest BCUT2D eigenvalue weighted by Crippen LogP contribution is -2.38. The van der Waals surface area contributed by atoms with Crippen molar-refractivity contribution in [2.24, 2.45) is 7.05 Å². The van der Waals surface area contributed by atoms with Crippen LogP contribution in [0.1, 0.15) is 48.8 Å². The molecule has 12 nitrogen and oxygen atoms in total. The zero-order valence-electron chi connectivity index (χ0n) is 25.0. The Morgan fingerprint density at radius 3 is 2.71 bits per heavy atom. The molecule has 5 aromatic heterocycles. The molecule has 0 aliphatic heterocycles. The SMILES string of the molecule is COc1c(Oc2cnn3ccncc23)cnc2nc(Nc3cc(C4CC4)cn([C@H]4C[C@@H](OCc5ccccc5)C4)c3=O)n(C)c12. The number of pyridine rings is 2. The molecule has 12 heteroatoms. The van der Waals surface area contributed by atoms with Crippen LogP contribution in [0.25, 0.3) is 16.7 Å². The third-order valence-electron chi connectivity index (χ3n) is 8.68. The molecule has 0 saturated heterocycles. The number of aryl methyl sites for hydroxylation is 1. The second kappa shape index (κ2) is 11.0. The molecule has 5 heterocycles. The van der Waals surface area contributed by atoms with E-state index in [0.29, 0.717) is 58.1 Å². The summed E-state index contributed by atoms with van der Waals surface area (Å²) >= 11 is 0. The normalized spacial score (nSPS) is 17.8. The summed E-state index contributed by atoms with van der Waals surface area (Å²) in [6.07, 6.45) is 14.3. The number of hydrogen-bond donors (Lipinski definition) is 1. The van der Waals surface area contributed by atoms with E-state index in [1.54, 1.807) is 42.6 Å². The summed E-state index contributed by atoms with van der Waals surface area (Å²) in [5.74, 6) is 2.34. The third-order valence-corrected chi connectivity index (χ3v) is 8.68. The molecule has 0 unspecified atom stereocenters. The van der Waals surface area contributed by atoms with Gasteiger partial charge in [-0.15, -0.1) is 0 Å².